The van der Waals surface area contributed by atoms with Crippen molar-refractivity contribution in [3.63, 3.8) is 0 Å². The van der Waals surface area contributed by atoms with E-state index >= 15 is 0 Å². The van der Waals surface area contributed by atoms with Crippen LogP contribution in [0.2, 0.25) is 0 Å². The van der Waals surface area contributed by atoms with Crippen molar-refractivity contribution in [1.82, 2.24) is 14.8 Å². The van der Waals surface area contributed by atoms with Crippen LogP contribution in [0.15, 0.2) is 54.6 Å². The number of rotatable bonds is 3. The van der Waals surface area contributed by atoms with Crippen molar-refractivity contribution in [2.24, 2.45) is 7.05 Å². The van der Waals surface area contributed by atoms with Gasteiger partial charge < -0.3 is 4.74 Å². The number of aryl methyl sites for hydroxylation is 1. The highest BCUT2D eigenvalue weighted by Crippen LogP contribution is 2.28. The number of benzene rings is 2. The largest absolute Gasteiger partial charge is 0.480 e. The third-order valence-electron chi connectivity index (χ3n) is 3.97. The zero-order valence-electron chi connectivity index (χ0n) is 13.1. The number of aromatic nitrogens is 3. The standard InChI is InChI=1S/C18H16N4O2/c1-22-18(19-16(21-22)12-7-3-2-4-8-12)20-17(23)15-11-13-9-5-6-10-14(13)24-15/h2-10,15H,11H2,1H3,(H,19,20,21,23)/t15-/m1/s1. The van der Waals surface area contributed by atoms with Crippen LogP contribution in [0.3, 0.4) is 0 Å². The fraction of sp³-hybridized carbons (Fsp3) is 0.167. The highest BCUT2D eigenvalue weighted by molar-refractivity contribution is 5.94. The molecule has 6 heteroatoms. The molecule has 0 saturated heterocycles. The minimum absolute atomic E-state index is 0.221. The third kappa shape index (κ3) is 2.62. The van der Waals surface area contributed by atoms with Crippen LogP contribution in [0.4, 0.5) is 5.95 Å². The van der Waals surface area contributed by atoms with E-state index in [1.54, 1.807) is 11.7 Å². The van der Waals surface area contributed by atoms with E-state index in [-0.39, 0.29) is 5.91 Å². The molecule has 1 aliphatic rings. The van der Waals surface area contributed by atoms with Crippen molar-refractivity contribution in [2.75, 3.05) is 5.32 Å². The average molecular weight is 320 g/mol. The zero-order valence-corrected chi connectivity index (χ0v) is 13.1. The number of ether oxygens (including phenoxy) is 1. The van der Waals surface area contributed by atoms with Gasteiger partial charge in [0.2, 0.25) is 5.95 Å². The molecule has 24 heavy (non-hydrogen) atoms. The number of nitrogens with one attached hydrogen (secondary N) is 1. The smallest absolute Gasteiger partial charge is 0.268 e. The first kappa shape index (κ1) is 14.4. The molecule has 2 heterocycles. The van der Waals surface area contributed by atoms with Crippen molar-refractivity contribution in [3.8, 4) is 17.1 Å². The van der Waals surface area contributed by atoms with Crippen LogP contribution in [0, 0.1) is 0 Å². The molecule has 1 aromatic heterocycles. The van der Waals surface area contributed by atoms with Crippen LogP contribution in [-0.4, -0.2) is 26.8 Å². The topological polar surface area (TPSA) is 69.0 Å². The Balaban J connectivity index is 1.50. The molecule has 2 aromatic carbocycles. The molecule has 0 spiro atoms. The Bertz CT molecular complexity index is 864. The van der Waals surface area contributed by atoms with E-state index in [9.17, 15) is 4.79 Å². The van der Waals surface area contributed by atoms with Crippen molar-refractivity contribution >= 4 is 11.9 Å². The van der Waals surface area contributed by atoms with Gasteiger partial charge >= 0.3 is 0 Å². The average Bonchev–Trinajstić information content (AvgIpc) is 3.20. The van der Waals surface area contributed by atoms with E-state index in [0.717, 1.165) is 16.9 Å². The van der Waals surface area contributed by atoms with E-state index in [0.29, 0.717) is 18.2 Å². The van der Waals surface area contributed by atoms with Gasteiger partial charge in [-0.15, -0.1) is 5.10 Å². The van der Waals surface area contributed by atoms with Crippen LogP contribution in [0.1, 0.15) is 5.56 Å². The van der Waals surface area contributed by atoms with Gasteiger partial charge in [0.1, 0.15) is 5.75 Å². The molecule has 6 nitrogen and oxygen atoms in total. The van der Waals surface area contributed by atoms with E-state index in [1.807, 2.05) is 54.6 Å². The number of carbonyl (C=O) groups is 1. The molecular formula is C18H16N4O2. The van der Waals surface area contributed by atoms with E-state index in [2.05, 4.69) is 15.4 Å². The van der Waals surface area contributed by atoms with Gasteiger partial charge in [0.25, 0.3) is 5.91 Å². The second-order valence-electron chi connectivity index (χ2n) is 5.66. The molecule has 0 unspecified atom stereocenters. The van der Waals surface area contributed by atoms with Crippen molar-refractivity contribution in [3.05, 3.63) is 60.2 Å². The lowest BCUT2D eigenvalue weighted by atomic mass is 10.1. The van der Waals surface area contributed by atoms with Gasteiger partial charge in [-0.05, 0) is 11.6 Å². The Kier molecular flexibility index (Phi) is 3.49. The summed E-state index contributed by atoms with van der Waals surface area (Å²) in [6.07, 6.45) is 0.0186. The molecule has 0 saturated carbocycles. The van der Waals surface area contributed by atoms with Gasteiger partial charge in [0.05, 0.1) is 0 Å². The maximum atomic E-state index is 12.5. The Morgan fingerprint density at radius 3 is 2.71 bits per heavy atom. The van der Waals surface area contributed by atoms with Gasteiger partial charge in [-0.2, -0.15) is 4.98 Å². The summed E-state index contributed by atoms with van der Waals surface area (Å²) < 4.78 is 7.26. The molecule has 3 aromatic rings. The van der Waals surface area contributed by atoms with Gasteiger partial charge in [-0.25, -0.2) is 4.68 Å². The van der Waals surface area contributed by atoms with Crippen molar-refractivity contribution in [1.29, 1.82) is 0 Å². The van der Waals surface area contributed by atoms with Gasteiger partial charge in [0, 0.05) is 19.0 Å². The number of amides is 1. The predicted octanol–water partition coefficient (Wildman–Crippen LogP) is 2.42. The van der Waals surface area contributed by atoms with Crippen molar-refractivity contribution in [2.45, 2.75) is 12.5 Å². The fourth-order valence-electron chi connectivity index (χ4n) is 2.72. The molecular weight excluding hydrogens is 304 g/mol. The van der Waals surface area contributed by atoms with E-state index < -0.39 is 6.10 Å². The van der Waals surface area contributed by atoms with Gasteiger partial charge in [0.15, 0.2) is 11.9 Å². The van der Waals surface area contributed by atoms with Crippen LogP contribution < -0.4 is 10.1 Å². The number of para-hydroxylation sites is 1. The summed E-state index contributed by atoms with van der Waals surface area (Å²) in [7, 11) is 1.75. The number of nitrogens with zero attached hydrogens (tertiary/aromatic N) is 3. The molecule has 1 atom stereocenters. The highest BCUT2D eigenvalue weighted by atomic mass is 16.5. The molecule has 0 aliphatic carbocycles. The van der Waals surface area contributed by atoms with Crippen LogP contribution >= 0.6 is 0 Å². The lowest BCUT2D eigenvalue weighted by Gasteiger charge is -2.10. The minimum Gasteiger partial charge on any atom is -0.480 e. The summed E-state index contributed by atoms with van der Waals surface area (Å²) in [4.78, 5) is 16.9. The monoisotopic (exact) mass is 320 g/mol. The second kappa shape index (κ2) is 5.81. The maximum Gasteiger partial charge on any atom is 0.268 e. The number of hydrogen-bond donors (Lipinski definition) is 1. The fourth-order valence-corrected chi connectivity index (χ4v) is 2.72. The number of hydrogen-bond acceptors (Lipinski definition) is 4. The third-order valence-corrected chi connectivity index (χ3v) is 3.97. The first-order valence-corrected chi connectivity index (χ1v) is 7.72. The summed E-state index contributed by atoms with van der Waals surface area (Å²) >= 11 is 0. The van der Waals surface area contributed by atoms with E-state index in [4.69, 9.17) is 4.74 Å². The quantitative estimate of drug-likeness (QED) is 0.805. The molecule has 0 radical (unpaired) electrons. The summed E-state index contributed by atoms with van der Waals surface area (Å²) in [6.45, 7) is 0. The van der Waals surface area contributed by atoms with Gasteiger partial charge in [-0.3, -0.25) is 10.1 Å². The normalized spacial score (nSPS) is 15.6. The lowest BCUT2D eigenvalue weighted by molar-refractivity contribution is -0.122. The summed E-state index contributed by atoms with van der Waals surface area (Å²) in [5.41, 5.74) is 1.94. The first-order chi connectivity index (χ1) is 11.7. The second-order valence-corrected chi connectivity index (χ2v) is 5.66. The first-order valence-electron chi connectivity index (χ1n) is 7.72. The van der Waals surface area contributed by atoms with Crippen molar-refractivity contribution < 1.29 is 9.53 Å². The molecule has 1 amide bonds. The Labute approximate surface area is 139 Å². The Morgan fingerprint density at radius 1 is 1.17 bits per heavy atom. The van der Waals surface area contributed by atoms with Crippen LogP contribution in [0.5, 0.6) is 5.75 Å². The Hall–Kier alpha value is -3.15. The number of anilines is 1. The SMILES string of the molecule is Cn1nc(-c2ccccc2)nc1NC(=O)[C@H]1Cc2ccccc2O1. The molecule has 0 fully saturated rings. The zero-order chi connectivity index (χ0) is 16.5. The molecule has 4 rings (SSSR count). The molecule has 0 bridgehead atoms. The number of carbonyl (C=O) groups excluding carboxylic acids is 1. The van der Waals surface area contributed by atoms with E-state index in [1.165, 1.54) is 0 Å². The maximum absolute atomic E-state index is 12.5. The van der Waals surface area contributed by atoms with Gasteiger partial charge in [-0.1, -0.05) is 48.5 Å². The van der Waals surface area contributed by atoms with Crippen LogP contribution in [0.25, 0.3) is 11.4 Å². The highest BCUT2D eigenvalue weighted by Gasteiger charge is 2.29. The summed E-state index contributed by atoms with van der Waals surface area (Å²) in [6, 6.07) is 17.3. The summed E-state index contributed by atoms with van der Waals surface area (Å²) in [5, 5.41) is 7.15. The lowest BCUT2D eigenvalue weighted by Crippen LogP contribution is -2.32. The molecule has 120 valence electrons. The Morgan fingerprint density at radius 2 is 1.92 bits per heavy atom. The number of fused-ring (bicyclic) bond motifs is 1. The molecule has 1 N–H and O–H groups in total. The minimum atomic E-state index is -0.542. The molecule has 1 aliphatic heterocycles. The summed E-state index contributed by atoms with van der Waals surface area (Å²) in [5.74, 6) is 1.52. The van der Waals surface area contributed by atoms with Crippen LogP contribution in [-0.2, 0) is 18.3 Å². The predicted molar refractivity (Wildman–Crippen MR) is 89.6 cm³/mol.